The van der Waals surface area contributed by atoms with Crippen LogP contribution in [0.25, 0.3) is 0 Å². The van der Waals surface area contributed by atoms with Gasteiger partial charge in [0.15, 0.2) is 0 Å². The molecule has 2 nitrogen and oxygen atoms in total. The molecule has 4 heteroatoms. The summed E-state index contributed by atoms with van der Waals surface area (Å²) in [5.41, 5.74) is 1.06. The molecule has 1 aromatic rings. The van der Waals surface area contributed by atoms with E-state index in [1.165, 1.54) is 23.8 Å². The molecule has 1 fully saturated rings. The Bertz CT molecular complexity index is 462. The maximum Gasteiger partial charge on any atom is 0.123 e. The molecule has 2 atom stereocenters. The number of aliphatic hydroxyl groups is 1. The van der Waals surface area contributed by atoms with Gasteiger partial charge in [0.1, 0.15) is 5.82 Å². The van der Waals surface area contributed by atoms with E-state index in [4.69, 9.17) is 0 Å². The molecule has 1 aromatic carbocycles. The minimum absolute atomic E-state index is 0.172. The van der Waals surface area contributed by atoms with Crippen molar-refractivity contribution in [3.8, 4) is 0 Å². The van der Waals surface area contributed by atoms with E-state index in [0.717, 1.165) is 30.6 Å². The largest absolute Gasteiger partial charge is 0.392 e. The van der Waals surface area contributed by atoms with Gasteiger partial charge in [0.2, 0.25) is 0 Å². The lowest BCUT2D eigenvalue weighted by molar-refractivity contribution is 0.105. The molecule has 2 unspecified atom stereocenters. The van der Waals surface area contributed by atoms with Crippen LogP contribution in [0.2, 0.25) is 0 Å². The number of nitrogens with one attached hydrogen (secondary N) is 1. The zero-order valence-electron chi connectivity index (χ0n) is 11.6. The Kier molecular flexibility index (Phi) is 4.64. The Morgan fingerprint density at radius 2 is 2.10 bits per heavy atom. The minimum Gasteiger partial charge on any atom is -0.392 e. The Hall–Kier alpha value is -0.580. The fourth-order valence-electron chi connectivity index (χ4n) is 3.35. The summed E-state index contributed by atoms with van der Waals surface area (Å²) < 4.78 is 13.4. The maximum absolute atomic E-state index is 13.4. The molecule has 1 aliphatic heterocycles. The van der Waals surface area contributed by atoms with E-state index in [1.54, 1.807) is 17.8 Å². The second-order valence-corrected chi connectivity index (χ2v) is 7.03. The molecule has 3 rings (SSSR count). The molecule has 0 saturated heterocycles. The average molecular weight is 295 g/mol. The van der Waals surface area contributed by atoms with Crippen molar-refractivity contribution in [3.05, 3.63) is 29.6 Å². The van der Waals surface area contributed by atoms with Crippen LogP contribution in [0.3, 0.4) is 0 Å². The van der Waals surface area contributed by atoms with E-state index in [1.807, 2.05) is 6.07 Å². The van der Waals surface area contributed by atoms with E-state index in [-0.39, 0.29) is 18.0 Å². The van der Waals surface area contributed by atoms with Gasteiger partial charge >= 0.3 is 0 Å². The van der Waals surface area contributed by atoms with Gasteiger partial charge < -0.3 is 10.4 Å². The number of hydrogen-bond donors (Lipinski definition) is 2. The maximum atomic E-state index is 13.4. The van der Waals surface area contributed by atoms with Gasteiger partial charge in [-0.3, -0.25) is 0 Å². The summed E-state index contributed by atoms with van der Waals surface area (Å²) in [6.07, 6.45) is 5.52. The molecule has 2 aliphatic rings. The van der Waals surface area contributed by atoms with Crippen LogP contribution in [0, 0.1) is 11.7 Å². The topological polar surface area (TPSA) is 32.3 Å². The second kappa shape index (κ2) is 6.46. The highest BCUT2D eigenvalue weighted by atomic mass is 32.2. The van der Waals surface area contributed by atoms with Gasteiger partial charge in [-0.15, -0.1) is 11.8 Å². The normalized spacial score (nSPS) is 24.6. The van der Waals surface area contributed by atoms with Gasteiger partial charge in [-0.25, -0.2) is 4.39 Å². The predicted octanol–water partition coefficient (Wildman–Crippen LogP) is 3.50. The van der Waals surface area contributed by atoms with Crippen LogP contribution in [-0.4, -0.2) is 23.5 Å². The van der Waals surface area contributed by atoms with Crippen LogP contribution in [0.4, 0.5) is 4.39 Å². The third-order valence-corrected chi connectivity index (χ3v) is 5.65. The summed E-state index contributed by atoms with van der Waals surface area (Å²) in [5, 5.41) is 13.7. The Balaban J connectivity index is 1.62. The van der Waals surface area contributed by atoms with Crippen molar-refractivity contribution in [2.75, 3.05) is 12.3 Å². The van der Waals surface area contributed by atoms with Gasteiger partial charge in [-0.1, -0.05) is 12.8 Å². The third-order valence-electron chi connectivity index (χ3n) is 4.53. The summed E-state index contributed by atoms with van der Waals surface area (Å²) >= 11 is 1.79. The van der Waals surface area contributed by atoms with E-state index in [0.29, 0.717) is 12.5 Å². The number of rotatable bonds is 4. The first-order valence-electron chi connectivity index (χ1n) is 7.58. The summed E-state index contributed by atoms with van der Waals surface area (Å²) in [6.45, 7) is 0.621. The van der Waals surface area contributed by atoms with Crippen molar-refractivity contribution in [3.63, 3.8) is 0 Å². The molecule has 2 N–H and O–H groups in total. The first-order chi connectivity index (χ1) is 9.74. The molecule has 0 bridgehead atoms. The first-order valence-corrected chi connectivity index (χ1v) is 8.56. The van der Waals surface area contributed by atoms with Crippen molar-refractivity contribution in [1.29, 1.82) is 0 Å². The quantitative estimate of drug-likeness (QED) is 0.891. The third kappa shape index (κ3) is 3.18. The van der Waals surface area contributed by atoms with E-state index in [2.05, 4.69) is 5.32 Å². The number of benzene rings is 1. The summed E-state index contributed by atoms with van der Waals surface area (Å²) in [6, 6.07) is 5.22. The van der Waals surface area contributed by atoms with Crippen molar-refractivity contribution in [1.82, 2.24) is 5.32 Å². The summed E-state index contributed by atoms with van der Waals surface area (Å²) in [5.74, 6) is 1.33. The average Bonchev–Trinajstić information content (AvgIpc) is 2.99. The SMILES string of the molecule is OC(CNC1CCSc2ccc(F)cc21)C1CCCC1. The van der Waals surface area contributed by atoms with Crippen molar-refractivity contribution in [2.45, 2.75) is 49.1 Å². The molecule has 0 amide bonds. The number of fused-ring (bicyclic) bond motifs is 1. The van der Waals surface area contributed by atoms with E-state index in [9.17, 15) is 9.50 Å². The molecule has 0 aromatic heterocycles. The van der Waals surface area contributed by atoms with Crippen molar-refractivity contribution < 1.29 is 9.50 Å². The van der Waals surface area contributed by atoms with Crippen LogP contribution < -0.4 is 5.32 Å². The predicted molar refractivity (Wildman–Crippen MR) is 80.4 cm³/mol. The lowest BCUT2D eigenvalue weighted by Crippen LogP contribution is -2.35. The van der Waals surface area contributed by atoms with Crippen LogP contribution in [0.1, 0.15) is 43.7 Å². The zero-order valence-corrected chi connectivity index (χ0v) is 12.5. The van der Waals surface area contributed by atoms with E-state index < -0.39 is 0 Å². The fourth-order valence-corrected chi connectivity index (χ4v) is 4.45. The lowest BCUT2D eigenvalue weighted by Gasteiger charge is -2.28. The molecule has 0 radical (unpaired) electrons. The zero-order chi connectivity index (χ0) is 13.9. The first kappa shape index (κ1) is 14.4. The highest BCUT2D eigenvalue weighted by molar-refractivity contribution is 7.99. The minimum atomic E-state index is -0.260. The smallest absolute Gasteiger partial charge is 0.123 e. The molecular formula is C16H22FNOS. The van der Waals surface area contributed by atoms with Crippen LogP contribution in [0.15, 0.2) is 23.1 Å². The van der Waals surface area contributed by atoms with Crippen LogP contribution in [0.5, 0.6) is 0 Å². The molecule has 20 heavy (non-hydrogen) atoms. The standard InChI is InChI=1S/C16H22FNOS/c17-12-5-6-16-13(9-12)14(7-8-20-16)18-10-15(19)11-3-1-2-4-11/h5-6,9,11,14-15,18-19H,1-4,7-8,10H2. The Labute approximate surface area is 124 Å². The fraction of sp³-hybridized carbons (Fsp3) is 0.625. The number of halogens is 1. The van der Waals surface area contributed by atoms with Crippen molar-refractivity contribution >= 4 is 11.8 Å². The molecule has 1 saturated carbocycles. The highest BCUT2D eigenvalue weighted by Crippen LogP contribution is 2.36. The summed E-state index contributed by atoms with van der Waals surface area (Å²) in [7, 11) is 0. The van der Waals surface area contributed by atoms with E-state index >= 15 is 0 Å². The Morgan fingerprint density at radius 3 is 2.90 bits per heavy atom. The highest BCUT2D eigenvalue weighted by Gasteiger charge is 2.26. The van der Waals surface area contributed by atoms with Gasteiger partial charge in [0, 0.05) is 17.5 Å². The second-order valence-electron chi connectivity index (χ2n) is 5.89. The number of hydrogen-bond acceptors (Lipinski definition) is 3. The lowest BCUT2D eigenvalue weighted by atomic mass is 9.99. The molecule has 110 valence electrons. The summed E-state index contributed by atoms with van der Waals surface area (Å²) in [4.78, 5) is 1.17. The van der Waals surface area contributed by atoms with Gasteiger partial charge in [-0.05, 0) is 54.7 Å². The molecular weight excluding hydrogens is 273 g/mol. The Morgan fingerprint density at radius 1 is 1.30 bits per heavy atom. The monoisotopic (exact) mass is 295 g/mol. The number of aliphatic hydroxyl groups excluding tert-OH is 1. The van der Waals surface area contributed by atoms with Crippen LogP contribution in [-0.2, 0) is 0 Å². The molecule has 0 spiro atoms. The van der Waals surface area contributed by atoms with Crippen molar-refractivity contribution in [2.24, 2.45) is 5.92 Å². The van der Waals surface area contributed by atoms with Crippen LogP contribution >= 0.6 is 11.8 Å². The van der Waals surface area contributed by atoms with Gasteiger partial charge in [-0.2, -0.15) is 0 Å². The molecule has 1 heterocycles. The van der Waals surface area contributed by atoms with Gasteiger partial charge in [0.05, 0.1) is 6.10 Å². The molecule has 1 aliphatic carbocycles. The number of thioether (sulfide) groups is 1. The van der Waals surface area contributed by atoms with Gasteiger partial charge in [0.25, 0.3) is 0 Å².